The van der Waals surface area contributed by atoms with Crippen LogP contribution < -0.4 is 0 Å². The number of para-hydroxylation sites is 1. The van der Waals surface area contributed by atoms with Crippen molar-refractivity contribution >= 4 is 63.0 Å². The van der Waals surface area contributed by atoms with Crippen LogP contribution in [-0.2, 0) is 0 Å². The molecule has 0 N–H and O–H groups in total. The number of rotatable bonds is 2. The van der Waals surface area contributed by atoms with Gasteiger partial charge in [0.05, 0.1) is 0 Å². The molecule has 6 heteroatoms. The molecule has 1 heterocycles. The van der Waals surface area contributed by atoms with Crippen molar-refractivity contribution in [1.82, 2.24) is 0 Å². The van der Waals surface area contributed by atoms with Gasteiger partial charge < -0.3 is 4.42 Å². The number of halogens is 2. The number of hydrogen-bond acceptors (Lipinski definition) is 2. The molecular weight excluding hydrogens is 321 g/mol. The zero-order valence-corrected chi connectivity index (χ0v) is 13.0. The molecule has 0 aliphatic carbocycles. The fraction of sp³-hybridized carbons (Fsp3) is 0.0625. The monoisotopic (exact) mass is 331 g/mol. The first kappa shape index (κ1) is 14.8. The molecule has 4 nitrogen and oxygen atoms in total. The minimum atomic E-state index is 0.0148. The largest absolute Gasteiger partial charge is 0.456 e. The SMILES string of the molecule is C=N/C(Cl)=N\C(=N/CCl)c1ccc2oc3ccccc3c2c1. The number of furan rings is 1. The Bertz CT molecular complexity index is 912. The lowest BCUT2D eigenvalue weighted by atomic mass is 10.1. The van der Waals surface area contributed by atoms with Crippen LogP contribution in [0, 0.1) is 0 Å². The highest BCUT2D eigenvalue weighted by Crippen LogP contribution is 2.29. The maximum absolute atomic E-state index is 5.82. The number of amidine groups is 2. The van der Waals surface area contributed by atoms with E-state index in [1.54, 1.807) is 0 Å². The Morgan fingerprint density at radius 1 is 1.09 bits per heavy atom. The first-order chi connectivity index (χ1) is 10.7. The molecule has 0 atom stereocenters. The summed E-state index contributed by atoms with van der Waals surface area (Å²) in [6.07, 6.45) is 0. The normalized spacial score (nSPS) is 13.0. The summed E-state index contributed by atoms with van der Waals surface area (Å²) in [7, 11) is 0. The number of aliphatic imine (C=N–C) groups is 3. The summed E-state index contributed by atoms with van der Waals surface area (Å²) >= 11 is 11.5. The van der Waals surface area contributed by atoms with Crippen LogP contribution in [0.1, 0.15) is 5.56 Å². The van der Waals surface area contributed by atoms with Crippen molar-refractivity contribution < 1.29 is 4.42 Å². The second kappa shape index (κ2) is 6.30. The van der Waals surface area contributed by atoms with E-state index in [9.17, 15) is 0 Å². The van der Waals surface area contributed by atoms with Gasteiger partial charge in [0.15, 0.2) is 5.84 Å². The van der Waals surface area contributed by atoms with Gasteiger partial charge in [-0.05, 0) is 42.6 Å². The van der Waals surface area contributed by atoms with Gasteiger partial charge >= 0.3 is 0 Å². The van der Waals surface area contributed by atoms with Crippen molar-refractivity contribution in [1.29, 1.82) is 0 Å². The third kappa shape index (κ3) is 2.75. The van der Waals surface area contributed by atoms with Gasteiger partial charge in [0.1, 0.15) is 17.2 Å². The molecule has 3 rings (SSSR count). The molecule has 0 unspecified atom stereocenters. The van der Waals surface area contributed by atoms with Crippen molar-refractivity contribution in [2.45, 2.75) is 0 Å². The summed E-state index contributed by atoms with van der Waals surface area (Å²) in [5.41, 5.74) is 2.41. The van der Waals surface area contributed by atoms with E-state index < -0.39 is 0 Å². The van der Waals surface area contributed by atoms with Crippen molar-refractivity contribution in [2.24, 2.45) is 15.0 Å². The molecule has 0 amide bonds. The molecule has 0 radical (unpaired) electrons. The fourth-order valence-electron chi connectivity index (χ4n) is 2.24. The van der Waals surface area contributed by atoms with Crippen LogP contribution >= 0.6 is 23.2 Å². The Hall–Kier alpha value is -2.17. The molecule has 0 bridgehead atoms. The van der Waals surface area contributed by atoms with Gasteiger partial charge in [0, 0.05) is 16.3 Å². The summed E-state index contributed by atoms with van der Waals surface area (Å²) in [6, 6.07) is 13.6. The smallest absolute Gasteiger partial charge is 0.223 e. The minimum Gasteiger partial charge on any atom is -0.456 e. The molecule has 0 spiro atoms. The average Bonchev–Trinajstić information content (AvgIpc) is 2.92. The van der Waals surface area contributed by atoms with Gasteiger partial charge in [-0.25, -0.2) is 9.98 Å². The van der Waals surface area contributed by atoms with Crippen LogP contribution in [0.4, 0.5) is 0 Å². The summed E-state index contributed by atoms with van der Waals surface area (Å²) in [5.74, 6) is 0.402. The Morgan fingerprint density at radius 3 is 2.64 bits per heavy atom. The molecule has 0 aliphatic rings. The lowest BCUT2D eigenvalue weighted by Gasteiger charge is -2.01. The number of benzene rings is 2. The van der Waals surface area contributed by atoms with E-state index in [1.807, 2.05) is 42.5 Å². The van der Waals surface area contributed by atoms with Gasteiger partial charge in [-0.3, -0.25) is 0 Å². The van der Waals surface area contributed by atoms with E-state index in [1.165, 1.54) is 0 Å². The Kier molecular flexibility index (Phi) is 4.22. The maximum atomic E-state index is 5.82. The van der Waals surface area contributed by atoms with Crippen molar-refractivity contribution in [3.8, 4) is 0 Å². The molecule has 0 saturated heterocycles. The van der Waals surface area contributed by atoms with Crippen LogP contribution in [0.3, 0.4) is 0 Å². The molecule has 1 aromatic heterocycles. The van der Waals surface area contributed by atoms with Gasteiger partial charge in [-0.1, -0.05) is 18.2 Å². The van der Waals surface area contributed by atoms with E-state index in [2.05, 4.69) is 21.7 Å². The lowest BCUT2D eigenvalue weighted by Crippen LogP contribution is -2.00. The quantitative estimate of drug-likeness (QED) is 0.287. The van der Waals surface area contributed by atoms with Gasteiger partial charge in [-0.15, -0.1) is 11.6 Å². The van der Waals surface area contributed by atoms with Crippen LogP contribution in [0.15, 0.2) is 61.9 Å². The van der Waals surface area contributed by atoms with E-state index in [0.717, 1.165) is 27.5 Å². The number of fused-ring (bicyclic) bond motifs is 3. The summed E-state index contributed by atoms with van der Waals surface area (Å²) < 4.78 is 5.79. The molecule has 0 saturated carbocycles. The van der Waals surface area contributed by atoms with Crippen molar-refractivity contribution in [3.05, 3.63) is 48.0 Å². The zero-order valence-electron chi connectivity index (χ0n) is 11.5. The van der Waals surface area contributed by atoms with Gasteiger partial charge in [0.25, 0.3) is 0 Å². The molecule has 110 valence electrons. The Balaban J connectivity index is 2.19. The average molecular weight is 332 g/mol. The summed E-state index contributed by atoms with van der Waals surface area (Å²) in [6.45, 7) is 3.33. The van der Waals surface area contributed by atoms with E-state index >= 15 is 0 Å². The van der Waals surface area contributed by atoms with Crippen LogP contribution in [0.5, 0.6) is 0 Å². The number of alkyl halides is 1. The summed E-state index contributed by atoms with van der Waals surface area (Å²) in [5, 5.41) is 2.02. The number of nitrogens with zero attached hydrogens (tertiary/aromatic N) is 3. The van der Waals surface area contributed by atoms with E-state index in [-0.39, 0.29) is 11.3 Å². The fourth-order valence-corrected chi connectivity index (χ4v) is 2.43. The third-order valence-electron chi connectivity index (χ3n) is 3.17. The number of hydrogen-bond donors (Lipinski definition) is 0. The maximum Gasteiger partial charge on any atom is 0.223 e. The first-order valence-electron chi connectivity index (χ1n) is 6.46. The molecule has 3 aromatic rings. The molecule has 0 fully saturated rings. The second-order valence-electron chi connectivity index (χ2n) is 4.45. The van der Waals surface area contributed by atoms with Crippen LogP contribution in [-0.4, -0.2) is 23.9 Å². The second-order valence-corrected chi connectivity index (χ2v) is 5.03. The summed E-state index contributed by atoms with van der Waals surface area (Å²) in [4.78, 5) is 11.8. The zero-order chi connectivity index (χ0) is 15.5. The van der Waals surface area contributed by atoms with Gasteiger partial charge in [0.2, 0.25) is 5.29 Å². The first-order valence-corrected chi connectivity index (χ1v) is 7.37. The molecule has 0 aliphatic heterocycles. The topological polar surface area (TPSA) is 50.2 Å². The Labute approximate surface area is 136 Å². The highest BCUT2D eigenvalue weighted by Gasteiger charge is 2.10. The van der Waals surface area contributed by atoms with Crippen LogP contribution in [0.2, 0.25) is 0 Å². The van der Waals surface area contributed by atoms with Gasteiger partial charge in [-0.2, -0.15) is 4.99 Å². The highest BCUT2D eigenvalue weighted by atomic mass is 35.5. The highest BCUT2D eigenvalue weighted by molar-refractivity contribution is 6.66. The predicted octanol–water partition coefficient (Wildman–Crippen LogP) is 4.82. The third-order valence-corrected chi connectivity index (χ3v) is 3.50. The Morgan fingerprint density at radius 2 is 1.86 bits per heavy atom. The standard InChI is InChI=1S/C16H11Cl2N3O/c1-19-16(18)21-15(20-9-17)10-6-7-14-12(8-10)11-4-2-3-5-13(11)22-14/h2-8H,1,9H2/b20-15-,21-16-. The van der Waals surface area contributed by atoms with E-state index in [4.69, 9.17) is 27.6 Å². The van der Waals surface area contributed by atoms with E-state index in [0.29, 0.717) is 5.84 Å². The predicted molar refractivity (Wildman–Crippen MR) is 93.8 cm³/mol. The minimum absolute atomic E-state index is 0.0148. The van der Waals surface area contributed by atoms with Crippen molar-refractivity contribution in [2.75, 3.05) is 6.00 Å². The van der Waals surface area contributed by atoms with Crippen molar-refractivity contribution in [3.63, 3.8) is 0 Å². The molecular formula is C16H11Cl2N3O. The van der Waals surface area contributed by atoms with Crippen LogP contribution in [0.25, 0.3) is 21.9 Å². The lowest BCUT2D eigenvalue weighted by molar-refractivity contribution is 0.669. The molecule has 2 aromatic carbocycles. The molecule has 22 heavy (non-hydrogen) atoms.